The fourth-order valence-electron chi connectivity index (χ4n) is 3.05. The first-order chi connectivity index (χ1) is 14.6. The second-order valence-corrected chi connectivity index (χ2v) is 8.41. The monoisotopic (exact) mass is 435 g/mol. The Balaban J connectivity index is 1.79. The van der Waals surface area contributed by atoms with Crippen LogP contribution >= 0.6 is 0 Å². The Labute approximate surface area is 183 Å². The van der Waals surface area contributed by atoms with Crippen LogP contribution in [0.25, 0.3) is 0 Å². The Bertz CT molecular complexity index is 760. The molecule has 0 radical (unpaired) electrons. The maximum atomic E-state index is 12.5. The molecule has 2 atom stereocenters. The third kappa shape index (κ3) is 7.99. The molecule has 0 aliphatic carbocycles. The first kappa shape index (κ1) is 24.3. The lowest BCUT2D eigenvalue weighted by molar-refractivity contribution is -0.135. The molecule has 1 saturated heterocycles. The van der Waals surface area contributed by atoms with Gasteiger partial charge in [0.1, 0.15) is 17.1 Å². The van der Waals surface area contributed by atoms with Gasteiger partial charge >= 0.3 is 6.09 Å². The number of nitrogens with one attached hydrogen (secondary N) is 2. The Morgan fingerprint density at radius 1 is 1.13 bits per heavy atom. The molecule has 172 valence electrons. The molecule has 0 bridgehead atoms. The predicted octanol–water partition coefficient (Wildman–Crippen LogP) is 2.65. The fraction of sp³-hybridized carbons (Fsp3) is 0.591. The molecule has 0 saturated carbocycles. The standard InChI is InChI=1S/C22H33N3O6/c1-6-29-17-9-11-18(12-10-17)30-15(2)19(26)23-24-20(27)16-8-7-13-25(14-16)21(28)31-22(3,4)5/h9-12,15-16H,6-8,13-14H2,1-5H3,(H,23,26)(H,24,27). The molecule has 0 spiro atoms. The highest BCUT2D eigenvalue weighted by atomic mass is 16.6. The highest BCUT2D eigenvalue weighted by Gasteiger charge is 2.31. The molecule has 1 aromatic carbocycles. The van der Waals surface area contributed by atoms with Crippen molar-refractivity contribution in [2.75, 3.05) is 19.7 Å². The topological polar surface area (TPSA) is 106 Å². The van der Waals surface area contributed by atoms with Crippen molar-refractivity contribution in [1.82, 2.24) is 15.8 Å². The summed E-state index contributed by atoms with van der Waals surface area (Å²) in [6.45, 7) is 10.2. The van der Waals surface area contributed by atoms with Gasteiger partial charge in [0.15, 0.2) is 6.10 Å². The van der Waals surface area contributed by atoms with E-state index >= 15 is 0 Å². The first-order valence-electron chi connectivity index (χ1n) is 10.6. The van der Waals surface area contributed by atoms with Gasteiger partial charge in [-0.2, -0.15) is 0 Å². The molecule has 3 amide bonds. The van der Waals surface area contributed by atoms with Crippen molar-refractivity contribution in [3.05, 3.63) is 24.3 Å². The quantitative estimate of drug-likeness (QED) is 0.666. The minimum atomic E-state index is -0.817. The van der Waals surface area contributed by atoms with Gasteiger partial charge < -0.3 is 19.1 Å². The number of carbonyl (C=O) groups excluding carboxylic acids is 3. The summed E-state index contributed by atoms with van der Waals surface area (Å²) < 4.78 is 16.3. The first-order valence-corrected chi connectivity index (χ1v) is 10.6. The maximum absolute atomic E-state index is 12.5. The zero-order valence-electron chi connectivity index (χ0n) is 18.9. The summed E-state index contributed by atoms with van der Waals surface area (Å²) in [7, 11) is 0. The molecule has 1 heterocycles. The van der Waals surface area contributed by atoms with Crippen LogP contribution in [-0.4, -0.2) is 54.2 Å². The fourth-order valence-corrected chi connectivity index (χ4v) is 3.05. The van der Waals surface area contributed by atoms with Gasteiger partial charge in [0.25, 0.3) is 5.91 Å². The van der Waals surface area contributed by atoms with E-state index in [0.29, 0.717) is 37.5 Å². The van der Waals surface area contributed by atoms with Gasteiger partial charge in [-0.15, -0.1) is 0 Å². The largest absolute Gasteiger partial charge is 0.494 e. The average Bonchev–Trinajstić information content (AvgIpc) is 2.72. The molecule has 9 heteroatoms. The van der Waals surface area contributed by atoms with E-state index in [-0.39, 0.29) is 12.5 Å². The lowest BCUT2D eigenvalue weighted by Crippen LogP contribution is -2.52. The van der Waals surface area contributed by atoms with Crippen LogP contribution in [0.4, 0.5) is 4.79 Å². The minimum absolute atomic E-state index is 0.245. The van der Waals surface area contributed by atoms with Crippen molar-refractivity contribution in [3.63, 3.8) is 0 Å². The van der Waals surface area contributed by atoms with E-state index in [4.69, 9.17) is 14.2 Å². The van der Waals surface area contributed by atoms with Crippen molar-refractivity contribution in [3.8, 4) is 11.5 Å². The maximum Gasteiger partial charge on any atom is 0.410 e. The molecule has 1 aromatic rings. The molecule has 31 heavy (non-hydrogen) atoms. The zero-order chi connectivity index (χ0) is 23.0. The van der Waals surface area contributed by atoms with Crippen molar-refractivity contribution in [2.24, 2.45) is 5.92 Å². The number of piperidine rings is 1. The number of nitrogens with zero attached hydrogens (tertiary/aromatic N) is 1. The van der Waals surface area contributed by atoms with E-state index in [1.165, 1.54) is 4.90 Å². The van der Waals surface area contributed by atoms with Crippen LogP contribution in [0.3, 0.4) is 0 Å². The summed E-state index contributed by atoms with van der Waals surface area (Å²) in [6, 6.07) is 6.93. The highest BCUT2D eigenvalue weighted by molar-refractivity contribution is 5.86. The van der Waals surface area contributed by atoms with Crippen LogP contribution in [0, 0.1) is 5.92 Å². The molecule has 0 aromatic heterocycles. The Kier molecular flexibility index (Phi) is 8.53. The molecule has 1 aliphatic rings. The van der Waals surface area contributed by atoms with Crippen LogP contribution in [0.15, 0.2) is 24.3 Å². The third-order valence-corrected chi connectivity index (χ3v) is 4.57. The van der Waals surface area contributed by atoms with Crippen molar-refractivity contribution in [1.29, 1.82) is 0 Å². The van der Waals surface area contributed by atoms with Gasteiger partial charge in [0, 0.05) is 13.1 Å². The van der Waals surface area contributed by atoms with E-state index in [1.807, 2.05) is 6.92 Å². The van der Waals surface area contributed by atoms with Crippen LogP contribution in [0.2, 0.25) is 0 Å². The van der Waals surface area contributed by atoms with E-state index in [2.05, 4.69) is 10.9 Å². The van der Waals surface area contributed by atoms with E-state index < -0.39 is 29.6 Å². The van der Waals surface area contributed by atoms with Gasteiger partial charge in [0.05, 0.1) is 12.5 Å². The molecule has 2 rings (SSSR count). The summed E-state index contributed by atoms with van der Waals surface area (Å²) in [5, 5.41) is 0. The number of hydrogen-bond donors (Lipinski definition) is 2. The van der Waals surface area contributed by atoms with Crippen LogP contribution in [0.1, 0.15) is 47.5 Å². The number of rotatable bonds is 6. The number of benzene rings is 1. The zero-order valence-corrected chi connectivity index (χ0v) is 18.9. The van der Waals surface area contributed by atoms with Crippen molar-refractivity contribution >= 4 is 17.9 Å². The number of hydrazine groups is 1. The van der Waals surface area contributed by atoms with Gasteiger partial charge in [-0.25, -0.2) is 4.79 Å². The van der Waals surface area contributed by atoms with E-state index in [9.17, 15) is 14.4 Å². The van der Waals surface area contributed by atoms with Gasteiger partial charge in [-0.05, 0) is 71.7 Å². The SMILES string of the molecule is CCOc1ccc(OC(C)C(=O)NNC(=O)C2CCCN(C(=O)OC(C)(C)C)C2)cc1. The summed E-state index contributed by atoms with van der Waals surface area (Å²) in [4.78, 5) is 38.5. The second kappa shape index (κ2) is 10.9. The summed E-state index contributed by atoms with van der Waals surface area (Å²) in [6.07, 6.45) is 0.0520. The van der Waals surface area contributed by atoms with E-state index in [1.54, 1.807) is 52.0 Å². The second-order valence-electron chi connectivity index (χ2n) is 8.41. The summed E-state index contributed by atoms with van der Waals surface area (Å²) in [5.41, 5.74) is 4.23. The Morgan fingerprint density at radius 2 is 1.77 bits per heavy atom. The molecular formula is C22H33N3O6. The minimum Gasteiger partial charge on any atom is -0.494 e. The lowest BCUT2D eigenvalue weighted by Gasteiger charge is -2.33. The molecule has 1 aliphatic heterocycles. The number of carbonyl (C=O) groups is 3. The highest BCUT2D eigenvalue weighted by Crippen LogP contribution is 2.20. The van der Waals surface area contributed by atoms with Crippen LogP contribution in [-0.2, 0) is 14.3 Å². The molecule has 9 nitrogen and oxygen atoms in total. The van der Waals surface area contributed by atoms with Crippen LogP contribution < -0.4 is 20.3 Å². The number of hydrogen-bond acceptors (Lipinski definition) is 6. The molecule has 2 N–H and O–H groups in total. The number of ether oxygens (including phenoxy) is 3. The number of amides is 3. The van der Waals surface area contributed by atoms with Gasteiger partial charge in [-0.1, -0.05) is 0 Å². The third-order valence-electron chi connectivity index (χ3n) is 4.57. The van der Waals surface area contributed by atoms with E-state index in [0.717, 1.165) is 0 Å². The van der Waals surface area contributed by atoms with Gasteiger partial charge in [0.2, 0.25) is 5.91 Å². The van der Waals surface area contributed by atoms with Gasteiger partial charge in [-0.3, -0.25) is 20.4 Å². The number of likely N-dealkylation sites (tertiary alicyclic amines) is 1. The molecule has 1 fully saturated rings. The van der Waals surface area contributed by atoms with Crippen molar-refractivity contribution < 1.29 is 28.6 Å². The normalized spacial score (nSPS) is 17.3. The smallest absolute Gasteiger partial charge is 0.410 e. The Hall–Kier alpha value is -2.97. The average molecular weight is 436 g/mol. The summed E-state index contributed by atoms with van der Waals surface area (Å²) >= 11 is 0. The lowest BCUT2D eigenvalue weighted by atomic mass is 9.98. The Morgan fingerprint density at radius 3 is 2.39 bits per heavy atom. The predicted molar refractivity (Wildman–Crippen MR) is 115 cm³/mol. The molecular weight excluding hydrogens is 402 g/mol. The summed E-state index contributed by atoms with van der Waals surface area (Å²) in [5.74, 6) is -0.0364. The molecule has 2 unspecified atom stereocenters. The van der Waals surface area contributed by atoms with Crippen LogP contribution in [0.5, 0.6) is 11.5 Å². The van der Waals surface area contributed by atoms with Crippen molar-refractivity contribution in [2.45, 2.75) is 59.2 Å².